The third-order valence-corrected chi connectivity index (χ3v) is 8.92. The van der Waals surface area contributed by atoms with Gasteiger partial charge in [0.25, 0.3) is 10.0 Å². The van der Waals surface area contributed by atoms with Crippen LogP contribution in [0.3, 0.4) is 0 Å². The zero-order valence-corrected chi connectivity index (χ0v) is 25.5. The predicted molar refractivity (Wildman–Crippen MR) is 162 cm³/mol. The lowest BCUT2D eigenvalue weighted by molar-refractivity contribution is -0.140. The van der Waals surface area contributed by atoms with Crippen molar-refractivity contribution in [2.45, 2.75) is 57.5 Å². The molecule has 9 nitrogen and oxygen atoms in total. The van der Waals surface area contributed by atoms with Crippen molar-refractivity contribution in [2.24, 2.45) is 0 Å². The Morgan fingerprint density at radius 1 is 0.977 bits per heavy atom. The first-order chi connectivity index (χ1) is 20.6. The Morgan fingerprint density at radius 2 is 1.70 bits per heavy atom. The Kier molecular flexibility index (Phi) is 10.6. The molecule has 1 aliphatic heterocycles. The van der Waals surface area contributed by atoms with Crippen LogP contribution in [0.15, 0.2) is 71.6 Å². The van der Waals surface area contributed by atoms with Crippen LogP contribution in [0.25, 0.3) is 0 Å². The van der Waals surface area contributed by atoms with Crippen molar-refractivity contribution >= 4 is 27.5 Å². The maximum Gasteiger partial charge on any atom is 0.264 e. The molecule has 0 saturated carbocycles. The summed E-state index contributed by atoms with van der Waals surface area (Å²) in [5.74, 6) is -0.751. The Balaban J connectivity index is 1.72. The quantitative estimate of drug-likeness (QED) is 0.278. The minimum absolute atomic E-state index is 0.0978. The number of hydrogen-bond acceptors (Lipinski definition) is 6. The molecule has 0 aliphatic carbocycles. The van der Waals surface area contributed by atoms with Crippen molar-refractivity contribution in [3.05, 3.63) is 83.7 Å². The maximum atomic E-state index is 14.1. The lowest BCUT2D eigenvalue weighted by Crippen LogP contribution is -2.52. The van der Waals surface area contributed by atoms with Gasteiger partial charge < -0.3 is 19.7 Å². The predicted octanol–water partition coefficient (Wildman–Crippen LogP) is 4.82. The fraction of sp³-hybridized carbons (Fsp3) is 0.375. The average molecular weight is 612 g/mol. The normalized spacial score (nSPS) is 13.2. The van der Waals surface area contributed by atoms with Crippen LogP contribution in [-0.4, -0.2) is 57.5 Å². The number of unbranched alkanes of at least 4 members (excludes halogenated alkanes) is 1. The van der Waals surface area contributed by atoms with Gasteiger partial charge in [0.1, 0.15) is 31.6 Å². The van der Waals surface area contributed by atoms with Gasteiger partial charge in [-0.15, -0.1) is 0 Å². The van der Waals surface area contributed by atoms with E-state index in [1.807, 2.05) is 45.0 Å². The lowest BCUT2D eigenvalue weighted by Gasteiger charge is -2.33. The number of benzene rings is 3. The summed E-state index contributed by atoms with van der Waals surface area (Å²) in [5.41, 5.74) is 1.89. The van der Waals surface area contributed by atoms with E-state index in [1.54, 1.807) is 0 Å². The highest BCUT2D eigenvalue weighted by Gasteiger charge is 2.34. The zero-order chi connectivity index (χ0) is 31.0. The van der Waals surface area contributed by atoms with E-state index in [0.717, 1.165) is 40.4 Å². The summed E-state index contributed by atoms with van der Waals surface area (Å²) in [7, 11) is -4.35. The summed E-state index contributed by atoms with van der Waals surface area (Å²) < 4.78 is 54.1. The Labute approximate surface area is 252 Å². The van der Waals surface area contributed by atoms with E-state index in [1.165, 1.54) is 35.2 Å². The minimum Gasteiger partial charge on any atom is -0.486 e. The fourth-order valence-electron chi connectivity index (χ4n) is 4.88. The number of carbonyl (C=O) groups excluding carboxylic acids is 2. The van der Waals surface area contributed by atoms with Crippen molar-refractivity contribution in [1.29, 1.82) is 0 Å². The van der Waals surface area contributed by atoms with Gasteiger partial charge >= 0.3 is 0 Å². The van der Waals surface area contributed by atoms with E-state index < -0.39 is 34.3 Å². The summed E-state index contributed by atoms with van der Waals surface area (Å²) in [6, 6.07) is 15.9. The second-order valence-corrected chi connectivity index (χ2v) is 12.2. The number of nitrogens with one attached hydrogen (secondary N) is 1. The molecule has 0 aromatic heterocycles. The largest absolute Gasteiger partial charge is 0.486 e. The monoisotopic (exact) mass is 611 g/mol. The molecule has 1 aliphatic rings. The molecule has 0 radical (unpaired) electrons. The number of rotatable bonds is 13. The second-order valence-electron chi connectivity index (χ2n) is 10.4. The molecule has 4 rings (SSSR count). The highest BCUT2D eigenvalue weighted by Crippen LogP contribution is 2.34. The molecule has 2 amide bonds. The van der Waals surface area contributed by atoms with E-state index in [0.29, 0.717) is 25.3 Å². The Hall–Kier alpha value is -4.12. The zero-order valence-electron chi connectivity index (χ0n) is 24.7. The first kappa shape index (κ1) is 31.8. The van der Waals surface area contributed by atoms with E-state index in [4.69, 9.17) is 9.47 Å². The smallest absolute Gasteiger partial charge is 0.264 e. The van der Waals surface area contributed by atoms with Crippen LogP contribution in [0.1, 0.15) is 44.2 Å². The van der Waals surface area contributed by atoms with E-state index >= 15 is 0 Å². The van der Waals surface area contributed by atoms with Crippen LogP contribution >= 0.6 is 0 Å². The van der Waals surface area contributed by atoms with Crippen molar-refractivity contribution in [1.82, 2.24) is 10.2 Å². The molecule has 11 heteroatoms. The summed E-state index contributed by atoms with van der Waals surface area (Å²) in [6.07, 6.45) is 2.01. The van der Waals surface area contributed by atoms with E-state index in [9.17, 15) is 22.4 Å². The van der Waals surface area contributed by atoms with Gasteiger partial charge in [0.15, 0.2) is 11.5 Å². The molecular formula is C32H38FN3O6S. The first-order valence-electron chi connectivity index (χ1n) is 14.4. The van der Waals surface area contributed by atoms with Crippen molar-refractivity contribution in [3.63, 3.8) is 0 Å². The number of nitrogens with zero attached hydrogens (tertiary/aromatic N) is 2. The van der Waals surface area contributed by atoms with Crippen LogP contribution in [-0.2, 0) is 26.2 Å². The SMILES string of the molecule is CCCCNC(=O)[C@@H](CC)N(Cc1cccc(C)c1)C(=O)CN(c1ccc(F)cc1)S(=O)(=O)c1ccc2c(c1)OCCO2. The topological polar surface area (TPSA) is 105 Å². The summed E-state index contributed by atoms with van der Waals surface area (Å²) in [5, 5.41) is 2.91. The van der Waals surface area contributed by atoms with Crippen LogP contribution in [0, 0.1) is 12.7 Å². The Morgan fingerprint density at radius 3 is 2.37 bits per heavy atom. The number of amides is 2. The Bertz CT molecular complexity index is 1530. The van der Waals surface area contributed by atoms with Gasteiger partial charge in [-0.25, -0.2) is 12.8 Å². The second kappa shape index (κ2) is 14.4. The van der Waals surface area contributed by atoms with Crippen LogP contribution in [0.5, 0.6) is 11.5 Å². The summed E-state index contributed by atoms with van der Waals surface area (Å²) in [6.45, 7) is 6.32. The van der Waals surface area contributed by atoms with Crippen LogP contribution in [0.4, 0.5) is 10.1 Å². The molecule has 0 spiro atoms. The number of fused-ring (bicyclic) bond motifs is 1. The van der Waals surface area contributed by atoms with Gasteiger partial charge in [-0.1, -0.05) is 50.1 Å². The standard InChI is InChI=1S/C32H38FN3O6S/c1-4-6-16-34-32(38)28(5-2)35(21-24-9-7-8-23(3)19-24)31(37)22-36(26-12-10-25(33)11-13-26)43(39,40)27-14-15-29-30(20-27)42-18-17-41-29/h7-15,19-20,28H,4-6,16-18,21-22H2,1-3H3,(H,34,38)/t28-/m1/s1. The third kappa shape index (κ3) is 7.84. The molecule has 0 bridgehead atoms. The molecule has 0 fully saturated rings. The maximum absolute atomic E-state index is 14.1. The van der Waals surface area contributed by atoms with Crippen molar-refractivity contribution in [3.8, 4) is 11.5 Å². The number of anilines is 1. The molecule has 1 atom stereocenters. The van der Waals surface area contributed by atoms with E-state index in [-0.39, 0.29) is 35.4 Å². The number of sulfonamides is 1. The molecule has 0 saturated heterocycles. The first-order valence-corrected chi connectivity index (χ1v) is 15.9. The van der Waals surface area contributed by atoms with E-state index in [2.05, 4.69) is 5.32 Å². The van der Waals surface area contributed by atoms with Gasteiger partial charge in [0.2, 0.25) is 11.8 Å². The van der Waals surface area contributed by atoms with Crippen LogP contribution in [0.2, 0.25) is 0 Å². The number of halogens is 1. The molecule has 230 valence electrons. The van der Waals surface area contributed by atoms with Crippen molar-refractivity contribution in [2.75, 3.05) is 30.6 Å². The van der Waals surface area contributed by atoms with Gasteiger partial charge in [0, 0.05) is 19.2 Å². The number of aryl methyl sites for hydroxylation is 1. The number of hydrogen-bond donors (Lipinski definition) is 1. The van der Waals surface area contributed by atoms with Gasteiger partial charge in [0.05, 0.1) is 10.6 Å². The molecule has 43 heavy (non-hydrogen) atoms. The molecular weight excluding hydrogens is 573 g/mol. The summed E-state index contributed by atoms with van der Waals surface area (Å²) in [4.78, 5) is 28.7. The molecule has 0 unspecified atom stereocenters. The molecule has 1 N–H and O–H groups in total. The van der Waals surface area contributed by atoms with Crippen LogP contribution < -0.4 is 19.1 Å². The average Bonchev–Trinajstić information content (AvgIpc) is 3.00. The molecule has 1 heterocycles. The van der Waals surface area contributed by atoms with Gasteiger partial charge in [-0.2, -0.15) is 0 Å². The van der Waals surface area contributed by atoms with Crippen molar-refractivity contribution < 1.29 is 31.9 Å². The molecule has 3 aromatic rings. The highest BCUT2D eigenvalue weighted by molar-refractivity contribution is 7.92. The number of ether oxygens (including phenoxy) is 2. The third-order valence-electron chi connectivity index (χ3n) is 7.15. The summed E-state index contributed by atoms with van der Waals surface area (Å²) >= 11 is 0. The lowest BCUT2D eigenvalue weighted by atomic mass is 10.1. The van der Waals surface area contributed by atoms with Gasteiger partial charge in [-0.05, 0) is 61.7 Å². The highest BCUT2D eigenvalue weighted by atomic mass is 32.2. The van der Waals surface area contributed by atoms with Gasteiger partial charge in [-0.3, -0.25) is 13.9 Å². The minimum atomic E-state index is -4.35. The number of carbonyl (C=O) groups is 2. The fourth-order valence-corrected chi connectivity index (χ4v) is 6.31. The molecule has 3 aromatic carbocycles.